The second-order valence-electron chi connectivity index (χ2n) is 11.8. The van der Waals surface area contributed by atoms with E-state index >= 15 is 0 Å². The van der Waals surface area contributed by atoms with Crippen molar-refractivity contribution >= 4 is 40.4 Å². The molecule has 0 bridgehead atoms. The van der Waals surface area contributed by atoms with Gasteiger partial charge in [-0.05, 0) is 71.4 Å². The van der Waals surface area contributed by atoms with Crippen LogP contribution in [0.2, 0.25) is 0 Å². The Balaban J connectivity index is 1.59. The molecule has 1 saturated heterocycles. The van der Waals surface area contributed by atoms with Crippen LogP contribution >= 0.6 is 0 Å². The standard InChI is InChI=1S/C34H46N8O4/c1-9-32(43)36-27-21-28(31(46-8)22-29(27)41(6)19-18-39(2)3)38-34-35-15-12-26(37-34)33(44)25-11-10-24(20-30(25)45-7)42-16-13-23(14-17-42)40(4)5/h9-12,15,20-23H,1,13-14,16-19H2,2-8H3,(H,36,43)(H,35,37,38). The van der Waals surface area contributed by atoms with Gasteiger partial charge >= 0.3 is 0 Å². The van der Waals surface area contributed by atoms with Crippen molar-refractivity contribution in [3.05, 3.63) is 66.5 Å². The van der Waals surface area contributed by atoms with Crippen LogP contribution in [0.25, 0.3) is 0 Å². The molecule has 12 heteroatoms. The summed E-state index contributed by atoms with van der Waals surface area (Å²) in [6, 6.07) is 11.4. The highest BCUT2D eigenvalue weighted by molar-refractivity contribution is 6.10. The average Bonchev–Trinajstić information content (AvgIpc) is 3.06. The highest BCUT2D eigenvalue weighted by atomic mass is 16.5. The zero-order valence-electron chi connectivity index (χ0n) is 28.0. The van der Waals surface area contributed by atoms with E-state index in [2.05, 4.69) is 56.0 Å². The van der Waals surface area contributed by atoms with Gasteiger partial charge in [-0.2, -0.15) is 0 Å². The summed E-state index contributed by atoms with van der Waals surface area (Å²) >= 11 is 0. The molecule has 3 aromatic rings. The third-order valence-electron chi connectivity index (χ3n) is 8.18. The third-order valence-corrected chi connectivity index (χ3v) is 8.18. The van der Waals surface area contributed by atoms with Crippen molar-refractivity contribution in [2.75, 3.05) is 96.1 Å². The molecule has 46 heavy (non-hydrogen) atoms. The van der Waals surface area contributed by atoms with Gasteiger partial charge in [-0.25, -0.2) is 9.97 Å². The lowest BCUT2D eigenvalue weighted by Gasteiger charge is -2.36. The second-order valence-corrected chi connectivity index (χ2v) is 11.8. The van der Waals surface area contributed by atoms with Crippen molar-refractivity contribution < 1.29 is 19.1 Å². The van der Waals surface area contributed by atoms with Crippen molar-refractivity contribution in [1.82, 2.24) is 19.8 Å². The van der Waals surface area contributed by atoms with Crippen LogP contribution in [-0.2, 0) is 4.79 Å². The Morgan fingerprint density at radius 1 is 0.978 bits per heavy atom. The SMILES string of the molecule is C=CC(=O)Nc1cc(Nc2nccc(C(=O)c3ccc(N4CCC(N(C)C)CC4)cc3OC)n2)c(OC)cc1N(C)CCN(C)C. The van der Waals surface area contributed by atoms with Gasteiger partial charge in [0.25, 0.3) is 0 Å². The fourth-order valence-corrected chi connectivity index (χ4v) is 5.41. The Kier molecular flexibility index (Phi) is 11.6. The molecular formula is C34H46N8O4. The molecule has 1 fully saturated rings. The molecule has 0 spiro atoms. The molecule has 2 aromatic carbocycles. The molecule has 1 aliphatic rings. The van der Waals surface area contributed by atoms with Gasteiger partial charge in [0.15, 0.2) is 0 Å². The van der Waals surface area contributed by atoms with E-state index in [4.69, 9.17) is 9.47 Å². The number of aromatic nitrogens is 2. The number of piperidine rings is 1. The first-order valence-corrected chi connectivity index (χ1v) is 15.3. The molecule has 1 aliphatic heterocycles. The summed E-state index contributed by atoms with van der Waals surface area (Å²) in [5.74, 6) is 0.557. The predicted molar refractivity (Wildman–Crippen MR) is 184 cm³/mol. The fourth-order valence-electron chi connectivity index (χ4n) is 5.41. The van der Waals surface area contributed by atoms with Crippen molar-refractivity contribution in [3.8, 4) is 11.5 Å². The maximum Gasteiger partial charge on any atom is 0.247 e. The summed E-state index contributed by atoms with van der Waals surface area (Å²) in [5.41, 5.74) is 3.47. The Morgan fingerprint density at radius 3 is 2.33 bits per heavy atom. The smallest absolute Gasteiger partial charge is 0.247 e. The number of nitrogens with zero attached hydrogens (tertiary/aromatic N) is 6. The first-order valence-electron chi connectivity index (χ1n) is 15.3. The lowest BCUT2D eigenvalue weighted by atomic mass is 10.0. The number of nitrogens with one attached hydrogen (secondary N) is 2. The summed E-state index contributed by atoms with van der Waals surface area (Å²) in [7, 11) is 13.3. The van der Waals surface area contributed by atoms with E-state index in [9.17, 15) is 9.59 Å². The van der Waals surface area contributed by atoms with Gasteiger partial charge in [0, 0.05) is 63.3 Å². The second kappa shape index (κ2) is 15.5. The molecule has 0 atom stereocenters. The number of hydrogen-bond acceptors (Lipinski definition) is 11. The molecule has 0 unspecified atom stereocenters. The molecule has 0 aliphatic carbocycles. The third kappa shape index (κ3) is 8.32. The quantitative estimate of drug-likeness (QED) is 0.198. The molecule has 2 heterocycles. The van der Waals surface area contributed by atoms with Gasteiger partial charge in [0.2, 0.25) is 17.6 Å². The van der Waals surface area contributed by atoms with Crippen molar-refractivity contribution in [2.45, 2.75) is 18.9 Å². The summed E-state index contributed by atoms with van der Waals surface area (Å²) < 4.78 is 11.4. The topological polar surface area (TPSA) is 115 Å². The van der Waals surface area contributed by atoms with Gasteiger partial charge < -0.3 is 39.7 Å². The minimum Gasteiger partial charge on any atom is -0.496 e. The number of anilines is 5. The molecule has 12 nitrogen and oxygen atoms in total. The van der Waals surface area contributed by atoms with E-state index in [0.717, 1.165) is 43.9 Å². The van der Waals surface area contributed by atoms with Crippen LogP contribution in [0.3, 0.4) is 0 Å². The molecule has 0 saturated carbocycles. The number of amides is 1. The van der Waals surface area contributed by atoms with Gasteiger partial charge in [0.05, 0.1) is 36.8 Å². The summed E-state index contributed by atoms with van der Waals surface area (Å²) in [5, 5.41) is 6.05. The molecule has 1 aromatic heterocycles. The Bertz CT molecular complexity index is 1540. The molecule has 246 valence electrons. The van der Waals surface area contributed by atoms with Crippen LogP contribution in [-0.4, -0.2) is 113 Å². The molecule has 4 rings (SSSR count). The molecule has 2 N–H and O–H groups in total. The first kappa shape index (κ1) is 34.2. The van der Waals surface area contributed by atoms with Crippen molar-refractivity contribution in [2.24, 2.45) is 0 Å². The average molecular weight is 631 g/mol. The number of carbonyl (C=O) groups excluding carboxylic acids is 2. The van der Waals surface area contributed by atoms with E-state index in [1.165, 1.54) is 12.3 Å². The Morgan fingerprint density at radius 2 is 1.70 bits per heavy atom. The predicted octanol–water partition coefficient (Wildman–Crippen LogP) is 4.12. The highest BCUT2D eigenvalue weighted by Gasteiger charge is 2.23. The zero-order chi connectivity index (χ0) is 33.4. The lowest BCUT2D eigenvalue weighted by molar-refractivity contribution is -0.111. The number of ether oxygens (including phenoxy) is 2. The van der Waals surface area contributed by atoms with Crippen LogP contribution < -0.4 is 29.9 Å². The molecule has 0 radical (unpaired) electrons. The summed E-state index contributed by atoms with van der Waals surface area (Å²) in [6.07, 6.45) is 4.90. The minimum atomic E-state index is -0.347. The summed E-state index contributed by atoms with van der Waals surface area (Å²) in [6.45, 7) is 6.98. The fraction of sp³-hybridized carbons (Fsp3) is 0.412. The van der Waals surface area contributed by atoms with E-state index in [1.54, 1.807) is 32.4 Å². The normalized spacial score (nSPS) is 13.5. The number of benzene rings is 2. The largest absolute Gasteiger partial charge is 0.496 e. The summed E-state index contributed by atoms with van der Waals surface area (Å²) in [4.78, 5) is 43.6. The number of likely N-dealkylation sites (N-methyl/N-ethyl adjacent to an activating group) is 2. The van der Waals surface area contributed by atoms with Crippen LogP contribution in [0.1, 0.15) is 28.9 Å². The van der Waals surface area contributed by atoms with Gasteiger partial charge in [-0.3, -0.25) is 9.59 Å². The van der Waals surface area contributed by atoms with E-state index in [-0.39, 0.29) is 23.3 Å². The van der Waals surface area contributed by atoms with E-state index in [0.29, 0.717) is 41.0 Å². The highest BCUT2D eigenvalue weighted by Crippen LogP contribution is 2.38. The van der Waals surface area contributed by atoms with E-state index in [1.807, 2.05) is 44.2 Å². The van der Waals surface area contributed by atoms with Gasteiger partial charge in [0.1, 0.15) is 17.2 Å². The van der Waals surface area contributed by atoms with E-state index < -0.39 is 0 Å². The maximum absolute atomic E-state index is 13.7. The van der Waals surface area contributed by atoms with Crippen LogP contribution in [0, 0.1) is 0 Å². The van der Waals surface area contributed by atoms with Crippen LogP contribution in [0.4, 0.5) is 28.7 Å². The van der Waals surface area contributed by atoms with Crippen LogP contribution in [0.5, 0.6) is 11.5 Å². The zero-order valence-corrected chi connectivity index (χ0v) is 28.0. The molecular weight excluding hydrogens is 584 g/mol. The minimum absolute atomic E-state index is 0.193. The molecule has 1 amide bonds. The Labute approximate surface area is 272 Å². The maximum atomic E-state index is 13.7. The van der Waals surface area contributed by atoms with Crippen molar-refractivity contribution in [3.63, 3.8) is 0 Å². The van der Waals surface area contributed by atoms with Crippen molar-refractivity contribution in [1.29, 1.82) is 0 Å². The monoisotopic (exact) mass is 630 g/mol. The first-order chi connectivity index (χ1) is 22.0. The number of rotatable bonds is 14. The number of methoxy groups -OCH3 is 2. The number of hydrogen-bond donors (Lipinski definition) is 2. The number of ketones is 1. The number of carbonyl (C=O) groups is 2. The van der Waals surface area contributed by atoms with Gasteiger partial charge in [-0.1, -0.05) is 6.58 Å². The lowest BCUT2D eigenvalue weighted by Crippen LogP contribution is -2.42. The Hall–Kier alpha value is -4.68. The van der Waals surface area contributed by atoms with Gasteiger partial charge in [-0.15, -0.1) is 0 Å². The van der Waals surface area contributed by atoms with Crippen LogP contribution in [0.15, 0.2) is 55.3 Å².